The van der Waals surface area contributed by atoms with Crippen LogP contribution in [0.1, 0.15) is 13.3 Å². The summed E-state index contributed by atoms with van der Waals surface area (Å²) in [5.74, 6) is -0.0181. The zero-order chi connectivity index (χ0) is 11.0. The zero-order valence-corrected chi connectivity index (χ0v) is 12.3. The summed E-state index contributed by atoms with van der Waals surface area (Å²) in [4.78, 5) is 9.37. The molecule has 0 unspecified atom stereocenters. The molecule has 0 saturated heterocycles. The second-order valence-electron chi connectivity index (χ2n) is 2.42. The third-order valence-electron chi connectivity index (χ3n) is 1.36. The van der Waals surface area contributed by atoms with E-state index in [1.165, 1.54) is 12.1 Å². The van der Waals surface area contributed by atoms with Gasteiger partial charge in [-0.15, -0.1) is 5.75 Å². The Morgan fingerprint density at radius 1 is 1.40 bits per heavy atom. The van der Waals surface area contributed by atoms with Crippen molar-refractivity contribution in [2.24, 2.45) is 0 Å². The summed E-state index contributed by atoms with van der Waals surface area (Å²) < 4.78 is 4.83. The van der Waals surface area contributed by atoms with E-state index < -0.39 is 5.97 Å². The number of carbonyl (C=O) groups is 1. The molecule has 0 radical (unpaired) electrons. The Labute approximate surface area is 132 Å². The number of rotatable bonds is 2. The quantitative estimate of drug-likeness (QED) is 0.619. The van der Waals surface area contributed by atoms with Crippen molar-refractivity contribution in [1.82, 2.24) is 0 Å². The average molecular weight is 236 g/mol. The fourth-order valence-electron chi connectivity index (χ4n) is 0.576. The number of hydrogen-bond donors (Lipinski definition) is 1. The maximum absolute atomic E-state index is 10.5. The Hall–Kier alpha value is -0.0736. The van der Waals surface area contributed by atoms with Crippen LogP contribution in [-0.4, -0.2) is 18.2 Å². The smallest absolute Gasteiger partial charge is 0.872 e. The molecule has 78 valence electrons. The molecule has 1 N–H and O–H groups in total. The molecule has 0 aliphatic carbocycles. The average Bonchev–Trinajstić information content (AvgIpc) is 2.20. The van der Waals surface area contributed by atoms with Crippen LogP contribution in [0.25, 0.3) is 0 Å². The molecule has 0 aromatic heterocycles. The molecule has 0 spiro atoms. The molecule has 0 heterocycles. The van der Waals surface area contributed by atoms with Crippen LogP contribution < -0.4 is 61.2 Å². The first-order valence-corrected chi connectivity index (χ1v) is 4.13. The predicted molar refractivity (Wildman–Crippen MR) is 50.4 cm³/mol. The van der Waals surface area contributed by atoms with Crippen molar-refractivity contribution >= 4 is 5.97 Å². The van der Waals surface area contributed by atoms with Gasteiger partial charge in [0.2, 0.25) is 0 Å². The van der Waals surface area contributed by atoms with E-state index in [0.717, 1.165) is 5.75 Å². The Morgan fingerprint density at radius 3 is 2.07 bits per heavy atom. The normalized spacial score (nSPS) is 7.87. The van der Waals surface area contributed by atoms with Gasteiger partial charge in [-0.25, -0.2) is 0 Å². The van der Waals surface area contributed by atoms with E-state index in [1.807, 2.05) is 0 Å². The monoisotopic (exact) mass is 236 g/mol. The van der Waals surface area contributed by atoms with Gasteiger partial charge in [0.15, 0.2) is 0 Å². The van der Waals surface area contributed by atoms with Crippen LogP contribution in [0.2, 0.25) is 0 Å². The molecular weight excluding hydrogens is 223 g/mol. The van der Waals surface area contributed by atoms with Crippen molar-refractivity contribution < 1.29 is 71.1 Å². The van der Waals surface area contributed by atoms with Crippen molar-refractivity contribution in [3.8, 4) is 11.5 Å². The van der Waals surface area contributed by atoms with Crippen molar-refractivity contribution in [3.63, 3.8) is 0 Å². The Kier molecular flexibility index (Phi) is 12.1. The van der Waals surface area contributed by atoms with Crippen molar-refractivity contribution in [2.75, 3.05) is 7.11 Å². The standard InChI is InChI=1S/C7H8O2.C3H6O2.K/c1-9-7-4-2-6(8)3-5-7;1-2-3(4)5;/h2-5,8H,1H3;2H2,1H3,(H,4,5);/q;;+1/p-1. The maximum Gasteiger partial charge on any atom is 1.00 e. The predicted octanol–water partition coefficient (Wildman–Crippen LogP) is -1.75. The summed E-state index contributed by atoms with van der Waals surface area (Å²) in [6.45, 7) is 1.60. The Bertz CT molecular complexity index is 271. The Balaban J connectivity index is 0. The zero-order valence-electron chi connectivity index (χ0n) is 9.19. The molecule has 5 heteroatoms. The van der Waals surface area contributed by atoms with E-state index in [4.69, 9.17) is 9.84 Å². The van der Waals surface area contributed by atoms with E-state index in [-0.39, 0.29) is 63.6 Å². The SMILES string of the molecule is CCC(=O)O.COc1ccc([O-])cc1.[K+]. The van der Waals surface area contributed by atoms with Gasteiger partial charge in [0.05, 0.1) is 7.11 Å². The third kappa shape index (κ3) is 10.2. The number of methoxy groups -OCH3 is 1. The minimum atomic E-state index is -0.745. The van der Waals surface area contributed by atoms with Crippen LogP contribution in [0.15, 0.2) is 24.3 Å². The molecular formula is C10H13KO4. The van der Waals surface area contributed by atoms with Crippen molar-refractivity contribution in [3.05, 3.63) is 24.3 Å². The van der Waals surface area contributed by atoms with Gasteiger partial charge >= 0.3 is 57.4 Å². The Morgan fingerprint density at radius 2 is 1.80 bits per heavy atom. The number of carboxylic acids is 1. The van der Waals surface area contributed by atoms with Crippen LogP contribution in [0.3, 0.4) is 0 Å². The fraction of sp³-hybridized carbons (Fsp3) is 0.300. The molecule has 0 bridgehead atoms. The molecule has 4 nitrogen and oxygen atoms in total. The largest absolute Gasteiger partial charge is 1.00 e. The van der Waals surface area contributed by atoms with Crippen molar-refractivity contribution in [1.29, 1.82) is 0 Å². The molecule has 1 rings (SSSR count). The van der Waals surface area contributed by atoms with E-state index in [0.29, 0.717) is 0 Å². The first-order chi connectivity index (χ1) is 6.60. The molecule has 0 saturated carbocycles. The number of aliphatic carboxylic acids is 1. The molecule has 1 aromatic carbocycles. The van der Waals surface area contributed by atoms with Crippen LogP contribution in [-0.2, 0) is 4.79 Å². The summed E-state index contributed by atoms with van der Waals surface area (Å²) in [6, 6.07) is 6.22. The molecule has 0 atom stereocenters. The van der Waals surface area contributed by atoms with E-state index in [2.05, 4.69) is 0 Å². The summed E-state index contributed by atoms with van der Waals surface area (Å²) in [7, 11) is 1.57. The second-order valence-corrected chi connectivity index (χ2v) is 2.42. The minimum Gasteiger partial charge on any atom is -0.872 e. The van der Waals surface area contributed by atoms with Gasteiger partial charge in [-0.2, -0.15) is 0 Å². The van der Waals surface area contributed by atoms with Gasteiger partial charge in [-0.05, 0) is 12.1 Å². The molecule has 0 aliphatic rings. The van der Waals surface area contributed by atoms with Crippen LogP contribution >= 0.6 is 0 Å². The summed E-state index contributed by atoms with van der Waals surface area (Å²) >= 11 is 0. The van der Waals surface area contributed by atoms with E-state index in [9.17, 15) is 9.90 Å². The summed E-state index contributed by atoms with van der Waals surface area (Å²) in [6.07, 6.45) is 0.222. The van der Waals surface area contributed by atoms with Crippen LogP contribution in [0.5, 0.6) is 11.5 Å². The molecule has 0 fully saturated rings. The van der Waals surface area contributed by atoms with Gasteiger partial charge in [0, 0.05) is 6.42 Å². The van der Waals surface area contributed by atoms with Crippen molar-refractivity contribution in [2.45, 2.75) is 13.3 Å². The van der Waals surface area contributed by atoms with Gasteiger partial charge < -0.3 is 14.9 Å². The van der Waals surface area contributed by atoms with Gasteiger partial charge in [-0.1, -0.05) is 19.1 Å². The van der Waals surface area contributed by atoms with E-state index in [1.54, 1.807) is 26.2 Å². The van der Waals surface area contributed by atoms with Crippen LogP contribution in [0, 0.1) is 0 Å². The minimum absolute atomic E-state index is 0. The first-order valence-electron chi connectivity index (χ1n) is 4.13. The molecule has 1 aromatic rings. The molecule has 0 aliphatic heterocycles. The van der Waals surface area contributed by atoms with Gasteiger partial charge in [0.25, 0.3) is 0 Å². The number of carboxylic acid groups (broad SMARTS) is 1. The first kappa shape index (κ1) is 17.3. The number of hydrogen-bond acceptors (Lipinski definition) is 3. The topological polar surface area (TPSA) is 69.6 Å². The molecule has 15 heavy (non-hydrogen) atoms. The molecule has 0 amide bonds. The van der Waals surface area contributed by atoms with Gasteiger partial charge in [0.1, 0.15) is 5.75 Å². The maximum atomic E-state index is 10.5. The number of ether oxygens (including phenoxy) is 1. The summed E-state index contributed by atoms with van der Waals surface area (Å²) in [5, 5.41) is 18.2. The number of benzene rings is 1. The summed E-state index contributed by atoms with van der Waals surface area (Å²) in [5.41, 5.74) is 0. The van der Waals surface area contributed by atoms with E-state index >= 15 is 0 Å². The third-order valence-corrected chi connectivity index (χ3v) is 1.36. The van der Waals surface area contributed by atoms with Gasteiger partial charge in [-0.3, -0.25) is 4.79 Å². The van der Waals surface area contributed by atoms with Crippen LogP contribution in [0.4, 0.5) is 0 Å². The fourth-order valence-corrected chi connectivity index (χ4v) is 0.576. The second kappa shape index (κ2) is 10.4.